The van der Waals surface area contributed by atoms with Gasteiger partial charge in [-0.2, -0.15) is 0 Å². The van der Waals surface area contributed by atoms with E-state index >= 15 is 0 Å². The highest BCUT2D eigenvalue weighted by atomic mass is 16.6. The molecular formula is C19H33N3O8. The van der Waals surface area contributed by atoms with Crippen LogP contribution in [-0.2, 0) is 23.8 Å². The first kappa shape index (κ1) is 25.5. The summed E-state index contributed by atoms with van der Waals surface area (Å²) in [5.74, 6) is -1.58. The summed E-state index contributed by atoms with van der Waals surface area (Å²) >= 11 is 0. The first-order valence-corrected chi connectivity index (χ1v) is 9.65. The second kappa shape index (κ2) is 9.96. The first-order valence-electron chi connectivity index (χ1n) is 9.65. The fraction of sp³-hybridized carbons (Fsp3) is 0.789. The molecule has 0 bridgehead atoms. The zero-order chi connectivity index (χ0) is 23.3. The number of esters is 1. The summed E-state index contributed by atoms with van der Waals surface area (Å²) in [7, 11) is 1.12. The van der Waals surface area contributed by atoms with Gasteiger partial charge in [-0.15, -0.1) is 0 Å². The summed E-state index contributed by atoms with van der Waals surface area (Å²) in [5.41, 5.74) is -1.52. The van der Waals surface area contributed by atoms with Gasteiger partial charge in [0, 0.05) is 13.1 Å². The zero-order valence-corrected chi connectivity index (χ0v) is 18.7. The Balaban J connectivity index is 3.06. The van der Waals surface area contributed by atoms with E-state index in [9.17, 15) is 24.3 Å². The Morgan fingerprint density at radius 1 is 1.00 bits per heavy atom. The number of carbonyl (C=O) groups is 4. The molecule has 0 spiro atoms. The third-order valence-corrected chi connectivity index (χ3v) is 3.95. The minimum atomic E-state index is -1.31. The van der Waals surface area contributed by atoms with E-state index in [1.54, 1.807) is 41.5 Å². The quantitative estimate of drug-likeness (QED) is 0.485. The van der Waals surface area contributed by atoms with Crippen LogP contribution in [0.15, 0.2) is 0 Å². The molecule has 1 fully saturated rings. The van der Waals surface area contributed by atoms with Crippen molar-refractivity contribution in [3.05, 3.63) is 0 Å². The molecule has 1 heterocycles. The lowest BCUT2D eigenvalue weighted by Gasteiger charge is -2.41. The lowest BCUT2D eigenvalue weighted by atomic mass is 10.1. The Labute approximate surface area is 176 Å². The molecule has 1 saturated heterocycles. The van der Waals surface area contributed by atoms with E-state index in [2.05, 4.69) is 10.1 Å². The van der Waals surface area contributed by atoms with Gasteiger partial charge in [0.15, 0.2) is 6.04 Å². The lowest BCUT2D eigenvalue weighted by molar-refractivity contribution is -0.147. The van der Waals surface area contributed by atoms with Crippen molar-refractivity contribution in [2.24, 2.45) is 0 Å². The summed E-state index contributed by atoms with van der Waals surface area (Å²) in [6.45, 7) is 9.53. The summed E-state index contributed by atoms with van der Waals surface area (Å²) in [6, 6.07) is -2.46. The number of hydrogen-bond donors (Lipinski definition) is 2. The monoisotopic (exact) mass is 431 g/mol. The number of aliphatic hydroxyl groups excluding tert-OH is 1. The fourth-order valence-electron chi connectivity index (χ4n) is 2.63. The number of methoxy groups -OCH3 is 1. The van der Waals surface area contributed by atoms with Gasteiger partial charge in [-0.1, -0.05) is 0 Å². The van der Waals surface area contributed by atoms with Crippen molar-refractivity contribution in [3.8, 4) is 0 Å². The van der Waals surface area contributed by atoms with Crippen molar-refractivity contribution in [3.63, 3.8) is 0 Å². The summed E-state index contributed by atoms with van der Waals surface area (Å²) < 4.78 is 15.3. The van der Waals surface area contributed by atoms with Crippen LogP contribution in [0.1, 0.15) is 41.5 Å². The number of nitrogens with one attached hydrogen (secondary N) is 1. The Kier molecular flexibility index (Phi) is 8.46. The zero-order valence-electron chi connectivity index (χ0n) is 18.7. The third-order valence-electron chi connectivity index (χ3n) is 3.95. The number of nitrogens with zero attached hydrogens (tertiary/aromatic N) is 2. The Hall–Kier alpha value is -2.56. The molecule has 0 radical (unpaired) electrons. The number of amides is 3. The van der Waals surface area contributed by atoms with E-state index in [0.29, 0.717) is 0 Å². The van der Waals surface area contributed by atoms with Crippen LogP contribution in [0, 0.1) is 0 Å². The third kappa shape index (κ3) is 7.69. The van der Waals surface area contributed by atoms with Crippen molar-refractivity contribution in [2.75, 3.05) is 33.4 Å². The Morgan fingerprint density at radius 2 is 1.53 bits per heavy atom. The van der Waals surface area contributed by atoms with Gasteiger partial charge in [-0.05, 0) is 41.5 Å². The van der Waals surface area contributed by atoms with E-state index in [1.807, 2.05) is 0 Å². The van der Waals surface area contributed by atoms with Crippen LogP contribution in [0.2, 0.25) is 0 Å². The van der Waals surface area contributed by atoms with Crippen LogP contribution in [0.25, 0.3) is 0 Å². The number of rotatable bonds is 4. The van der Waals surface area contributed by atoms with Crippen molar-refractivity contribution >= 4 is 24.1 Å². The second-order valence-corrected chi connectivity index (χ2v) is 8.88. The molecular weight excluding hydrogens is 398 g/mol. The molecule has 30 heavy (non-hydrogen) atoms. The van der Waals surface area contributed by atoms with E-state index in [1.165, 1.54) is 9.80 Å². The molecule has 0 aromatic heterocycles. The fourth-order valence-corrected chi connectivity index (χ4v) is 2.63. The van der Waals surface area contributed by atoms with Gasteiger partial charge < -0.3 is 29.5 Å². The molecule has 0 saturated carbocycles. The lowest BCUT2D eigenvalue weighted by Crippen LogP contribution is -2.63. The van der Waals surface area contributed by atoms with Crippen LogP contribution in [0.5, 0.6) is 0 Å². The smallest absolute Gasteiger partial charge is 0.411 e. The molecule has 1 aliphatic heterocycles. The van der Waals surface area contributed by atoms with E-state index in [-0.39, 0.29) is 19.6 Å². The molecule has 2 unspecified atom stereocenters. The van der Waals surface area contributed by atoms with Crippen molar-refractivity contribution in [1.82, 2.24) is 15.1 Å². The van der Waals surface area contributed by atoms with Crippen LogP contribution >= 0.6 is 0 Å². The van der Waals surface area contributed by atoms with E-state index < -0.39 is 54.0 Å². The Bertz CT molecular complexity index is 653. The molecule has 0 aromatic rings. The van der Waals surface area contributed by atoms with Gasteiger partial charge in [-0.25, -0.2) is 14.4 Å². The number of aliphatic hydroxyl groups is 1. The number of ether oxygens (including phenoxy) is 3. The molecule has 3 amide bonds. The van der Waals surface area contributed by atoms with E-state index in [0.717, 1.165) is 7.11 Å². The van der Waals surface area contributed by atoms with Crippen LogP contribution in [0.3, 0.4) is 0 Å². The van der Waals surface area contributed by atoms with Crippen molar-refractivity contribution < 1.29 is 38.5 Å². The highest BCUT2D eigenvalue weighted by molar-refractivity contribution is 5.90. The Morgan fingerprint density at radius 3 is 2.00 bits per heavy atom. The van der Waals surface area contributed by atoms with Gasteiger partial charge in [0.05, 0.1) is 20.3 Å². The standard InChI is InChI=1S/C19H33N3O8/c1-18(2,3)29-16(26)21-8-9-22(17(27)30-19(4,5)6)13(10-21)14(24)20-12(11-23)15(25)28-7/h12-13,23H,8-11H2,1-7H3,(H,20,24). The summed E-state index contributed by atoms with van der Waals surface area (Å²) in [4.78, 5) is 52.1. The summed E-state index contributed by atoms with van der Waals surface area (Å²) in [6.07, 6.45) is -1.36. The molecule has 1 aliphatic rings. The van der Waals surface area contributed by atoms with Crippen LogP contribution in [-0.4, -0.2) is 95.6 Å². The highest BCUT2D eigenvalue weighted by Gasteiger charge is 2.41. The maximum atomic E-state index is 12.9. The van der Waals surface area contributed by atoms with Crippen molar-refractivity contribution in [2.45, 2.75) is 64.8 Å². The minimum absolute atomic E-state index is 0.0221. The molecule has 2 atom stereocenters. The number of hydrogen-bond acceptors (Lipinski definition) is 8. The molecule has 0 aromatic carbocycles. The first-order chi connectivity index (χ1) is 13.7. The predicted molar refractivity (Wildman–Crippen MR) is 106 cm³/mol. The summed E-state index contributed by atoms with van der Waals surface area (Å²) in [5, 5.41) is 11.7. The van der Waals surface area contributed by atoms with E-state index in [4.69, 9.17) is 9.47 Å². The van der Waals surface area contributed by atoms with Gasteiger partial charge in [-0.3, -0.25) is 9.69 Å². The van der Waals surface area contributed by atoms with Crippen LogP contribution in [0.4, 0.5) is 9.59 Å². The molecule has 1 rings (SSSR count). The number of carbonyl (C=O) groups excluding carboxylic acids is 4. The highest BCUT2D eigenvalue weighted by Crippen LogP contribution is 2.18. The van der Waals surface area contributed by atoms with Gasteiger partial charge in [0.2, 0.25) is 5.91 Å². The van der Waals surface area contributed by atoms with Gasteiger partial charge >= 0.3 is 18.2 Å². The van der Waals surface area contributed by atoms with Crippen LogP contribution < -0.4 is 5.32 Å². The normalized spacial score (nSPS) is 18.3. The minimum Gasteiger partial charge on any atom is -0.467 e. The topological polar surface area (TPSA) is 135 Å². The number of piperazine rings is 1. The maximum Gasteiger partial charge on any atom is 0.411 e. The average Bonchev–Trinajstić information content (AvgIpc) is 2.61. The molecule has 172 valence electrons. The largest absolute Gasteiger partial charge is 0.467 e. The SMILES string of the molecule is COC(=O)C(CO)NC(=O)C1CN(C(=O)OC(C)(C)C)CCN1C(=O)OC(C)(C)C. The van der Waals surface area contributed by atoms with Crippen molar-refractivity contribution in [1.29, 1.82) is 0 Å². The average molecular weight is 431 g/mol. The molecule has 11 nitrogen and oxygen atoms in total. The molecule has 0 aliphatic carbocycles. The predicted octanol–water partition coefficient (Wildman–Crippen LogP) is 0.493. The molecule has 2 N–H and O–H groups in total. The van der Waals surface area contributed by atoms with Gasteiger partial charge in [0.25, 0.3) is 0 Å². The molecule has 11 heteroatoms. The van der Waals surface area contributed by atoms with Gasteiger partial charge in [0.1, 0.15) is 17.2 Å². The maximum absolute atomic E-state index is 12.9. The second-order valence-electron chi connectivity index (χ2n) is 8.88.